The van der Waals surface area contributed by atoms with Crippen LogP contribution in [0.1, 0.15) is 31.7 Å². The van der Waals surface area contributed by atoms with E-state index in [-0.39, 0.29) is 17.7 Å². The lowest BCUT2D eigenvalue weighted by atomic mass is 9.85. The fourth-order valence-electron chi connectivity index (χ4n) is 2.29. The summed E-state index contributed by atoms with van der Waals surface area (Å²) >= 11 is 3.34. The third-order valence-electron chi connectivity index (χ3n) is 3.63. The van der Waals surface area contributed by atoms with Crippen molar-refractivity contribution in [1.29, 1.82) is 0 Å². The number of carbonyl (C=O) groups is 1. The van der Waals surface area contributed by atoms with Crippen LogP contribution in [0.25, 0.3) is 0 Å². The molecule has 3 nitrogen and oxygen atoms in total. The third kappa shape index (κ3) is 4.14. The number of benzene rings is 1. The van der Waals surface area contributed by atoms with Gasteiger partial charge in [0.25, 0.3) is 0 Å². The second-order valence-corrected chi connectivity index (χ2v) is 6.04. The predicted molar refractivity (Wildman–Crippen MR) is 89.2 cm³/mol. The van der Waals surface area contributed by atoms with Crippen LogP contribution in [-0.4, -0.2) is 10.9 Å². The molecule has 2 atom stereocenters. The van der Waals surface area contributed by atoms with Gasteiger partial charge < -0.3 is 5.32 Å². The molecule has 0 aliphatic carbocycles. The van der Waals surface area contributed by atoms with Gasteiger partial charge in [0.15, 0.2) is 0 Å². The molecule has 0 radical (unpaired) electrons. The van der Waals surface area contributed by atoms with Crippen LogP contribution in [0.3, 0.4) is 0 Å². The highest BCUT2D eigenvalue weighted by atomic mass is 79.9. The summed E-state index contributed by atoms with van der Waals surface area (Å²) in [5.41, 5.74) is 1.04. The summed E-state index contributed by atoms with van der Waals surface area (Å²) < 4.78 is 0.891. The predicted octanol–water partition coefficient (Wildman–Crippen LogP) is 4.61. The SMILES string of the molecule is CCC(C)C(C(=O)Nc1ccc(Br)cn1)c1ccccc1. The van der Waals surface area contributed by atoms with Gasteiger partial charge in [-0.25, -0.2) is 4.98 Å². The molecule has 1 amide bonds. The molecule has 0 bridgehead atoms. The molecule has 2 aromatic rings. The first kappa shape index (κ1) is 15.7. The van der Waals surface area contributed by atoms with E-state index in [1.54, 1.807) is 12.3 Å². The zero-order chi connectivity index (χ0) is 15.2. The summed E-state index contributed by atoms with van der Waals surface area (Å²) in [6, 6.07) is 13.6. The van der Waals surface area contributed by atoms with E-state index in [1.807, 2.05) is 36.4 Å². The Morgan fingerprint density at radius 1 is 1.24 bits per heavy atom. The smallest absolute Gasteiger partial charge is 0.233 e. The fraction of sp³-hybridized carbons (Fsp3) is 0.294. The van der Waals surface area contributed by atoms with Gasteiger partial charge in [-0.1, -0.05) is 50.6 Å². The number of hydrogen-bond acceptors (Lipinski definition) is 2. The van der Waals surface area contributed by atoms with Gasteiger partial charge in [-0.2, -0.15) is 0 Å². The monoisotopic (exact) mass is 346 g/mol. The van der Waals surface area contributed by atoms with Crippen molar-refractivity contribution in [2.45, 2.75) is 26.2 Å². The zero-order valence-electron chi connectivity index (χ0n) is 12.2. The van der Waals surface area contributed by atoms with Crippen LogP contribution in [0.2, 0.25) is 0 Å². The number of aromatic nitrogens is 1. The molecule has 0 fully saturated rings. The van der Waals surface area contributed by atoms with Crippen molar-refractivity contribution in [3.8, 4) is 0 Å². The first-order valence-corrected chi connectivity index (χ1v) is 7.88. The van der Waals surface area contributed by atoms with Gasteiger partial charge in [0.1, 0.15) is 5.82 Å². The standard InChI is InChI=1S/C17H19BrN2O/c1-3-12(2)16(13-7-5-4-6-8-13)17(21)20-15-10-9-14(18)11-19-15/h4-12,16H,3H2,1-2H3,(H,19,20,21). The highest BCUT2D eigenvalue weighted by Gasteiger charge is 2.25. The Morgan fingerprint density at radius 2 is 1.95 bits per heavy atom. The van der Waals surface area contributed by atoms with Crippen LogP contribution in [0.4, 0.5) is 5.82 Å². The maximum atomic E-state index is 12.6. The van der Waals surface area contributed by atoms with E-state index in [9.17, 15) is 4.79 Å². The largest absolute Gasteiger partial charge is 0.310 e. The summed E-state index contributed by atoms with van der Waals surface area (Å²) in [4.78, 5) is 16.8. The Hall–Kier alpha value is -1.68. The van der Waals surface area contributed by atoms with Gasteiger partial charge in [-0.3, -0.25) is 4.79 Å². The summed E-state index contributed by atoms with van der Waals surface area (Å²) in [6.07, 6.45) is 2.62. The number of rotatable bonds is 5. The highest BCUT2D eigenvalue weighted by molar-refractivity contribution is 9.10. The molecular formula is C17H19BrN2O. The first-order valence-electron chi connectivity index (χ1n) is 7.09. The van der Waals surface area contributed by atoms with Crippen LogP contribution in [0, 0.1) is 5.92 Å². The van der Waals surface area contributed by atoms with Crippen LogP contribution in [-0.2, 0) is 4.79 Å². The van der Waals surface area contributed by atoms with E-state index in [0.717, 1.165) is 16.5 Å². The van der Waals surface area contributed by atoms with Gasteiger partial charge >= 0.3 is 0 Å². The number of carbonyl (C=O) groups excluding carboxylic acids is 1. The van der Waals surface area contributed by atoms with Crippen molar-refractivity contribution in [3.05, 3.63) is 58.7 Å². The number of anilines is 1. The van der Waals surface area contributed by atoms with Crippen molar-refractivity contribution in [3.63, 3.8) is 0 Å². The minimum Gasteiger partial charge on any atom is -0.310 e. The van der Waals surface area contributed by atoms with E-state index in [0.29, 0.717) is 5.82 Å². The molecule has 2 rings (SSSR count). The van der Waals surface area contributed by atoms with Gasteiger partial charge in [0.05, 0.1) is 5.92 Å². The van der Waals surface area contributed by atoms with Crippen molar-refractivity contribution >= 4 is 27.7 Å². The Kier molecular flexibility index (Phi) is 5.51. The Labute approximate surface area is 133 Å². The van der Waals surface area contributed by atoms with Crippen molar-refractivity contribution in [2.75, 3.05) is 5.32 Å². The highest BCUT2D eigenvalue weighted by Crippen LogP contribution is 2.28. The van der Waals surface area contributed by atoms with Gasteiger partial charge in [0.2, 0.25) is 5.91 Å². The molecule has 1 aromatic heterocycles. The molecule has 110 valence electrons. The maximum Gasteiger partial charge on any atom is 0.233 e. The summed E-state index contributed by atoms with van der Waals surface area (Å²) in [5.74, 6) is 0.669. The number of hydrogen-bond donors (Lipinski definition) is 1. The Balaban J connectivity index is 2.20. The molecular weight excluding hydrogens is 328 g/mol. The molecule has 4 heteroatoms. The number of amides is 1. The number of pyridine rings is 1. The number of nitrogens with zero attached hydrogens (tertiary/aromatic N) is 1. The molecule has 0 aliphatic rings. The Bertz CT molecular complexity index is 583. The lowest BCUT2D eigenvalue weighted by Crippen LogP contribution is -2.26. The number of nitrogens with one attached hydrogen (secondary N) is 1. The van der Waals surface area contributed by atoms with E-state index in [2.05, 4.69) is 40.1 Å². The van der Waals surface area contributed by atoms with Gasteiger partial charge in [-0.15, -0.1) is 0 Å². The van der Waals surface area contributed by atoms with Crippen LogP contribution >= 0.6 is 15.9 Å². The third-order valence-corrected chi connectivity index (χ3v) is 4.10. The van der Waals surface area contributed by atoms with Crippen molar-refractivity contribution in [1.82, 2.24) is 4.98 Å². The summed E-state index contributed by atoms with van der Waals surface area (Å²) in [5, 5.41) is 2.91. The van der Waals surface area contributed by atoms with Crippen molar-refractivity contribution in [2.24, 2.45) is 5.92 Å². The molecule has 21 heavy (non-hydrogen) atoms. The topological polar surface area (TPSA) is 42.0 Å². The molecule has 2 unspecified atom stereocenters. The van der Waals surface area contributed by atoms with Crippen LogP contribution in [0.5, 0.6) is 0 Å². The van der Waals surface area contributed by atoms with Crippen molar-refractivity contribution < 1.29 is 4.79 Å². The fourth-order valence-corrected chi connectivity index (χ4v) is 2.52. The van der Waals surface area contributed by atoms with Crippen LogP contribution < -0.4 is 5.32 Å². The van der Waals surface area contributed by atoms with E-state index >= 15 is 0 Å². The van der Waals surface area contributed by atoms with E-state index in [1.165, 1.54) is 0 Å². The molecule has 1 N–H and O–H groups in total. The average molecular weight is 347 g/mol. The molecule has 0 saturated carbocycles. The molecule has 0 saturated heterocycles. The normalized spacial score (nSPS) is 13.5. The quantitative estimate of drug-likeness (QED) is 0.858. The van der Waals surface area contributed by atoms with Crippen LogP contribution in [0.15, 0.2) is 53.1 Å². The Morgan fingerprint density at radius 3 is 2.52 bits per heavy atom. The minimum absolute atomic E-state index is 0.00891. The lowest BCUT2D eigenvalue weighted by molar-refractivity contribution is -0.118. The summed E-state index contributed by atoms with van der Waals surface area (Å²) in [6.45, 7) is 4.21. The summed E-state index contributed by atoms with van der Waals surface area (Å²) in [7, 11) is 0. The van der Waals surface area contributed by atoms with Gasteiger partial charge in [-0.05, 0) is 39.5 Å². The first-order chi connectivity index (χ1) is 10.1. The maximum absolute atomic E-state index is 12.6. The second kappa shape index (κ2) is 7.36. The van der Waals surface area contributed by atoms with E-state index in [4.69, 9.17) is 0 Å². The molecule has 0 spiro atoms. The van der Waals surface area contributed by atoms with Gasteiger partial charge in [0, 0.05) is 10.7 Å². The molecule has 1 aromatic carbocycles. The minimum atomic E-state index is -0.165. The zero-order valence-corrected chi connectivity index (χ0v) is 13.8. The van der Waals surface area contributed by atoms with E-state index < -0.39 is 0 Å². The lowest BCUT2D eigenvalue weighted by Gasteiger charge is -2.22. The number of halogens is 1. The molecule has 0 aliphatic heterocycles. The average Bonchev–Trinajstić information content (AvgIpc) is 2.50. The second-order valence-electron chi connectivity index (χ2n) is 5.12. The molecule has 1 heterocycles.